The summed E-state index contributed by atoms with van der Waals surface area (Å²) in [6.07, 6.45) is 4.21. The lowest BCUT2D eigenvalue weighted by atomic mass is 10.1. The number of hydrogen-bond donors (Lipinski definition) is 1. The van der Waals surface area contributed by atoms with Crippen LogP contribution in [-0.4, -0.2) is 25.3 Å². The van der Waals surface area contributed by atoms with E-state index in [1.54, 1.807) is 16.4 Å². The highest BCUT2D eigenvalue weighted by Gasteiger charge is 2.32. The Bertz CT molecular complexity index is 563. The van der Waals surface area contributed by atoms with Crippen molar-refractivity contribution in [2.45, 2.75) is 57.0 Å². The molecule has 0 spiro atoms. The number of benzene rings is 1. The Hall–Kier alpha value is -0.910. The van der Waals surface area contributed by atoms with E-state index in [1.807, 2.05) is 19.9 Å². The number of aryl methyl sites for hydroxylation is 1. The number of nitrogens with zero attached hydrogens (tertiary/aromatic N) is 1. The second-order valence-electron chi connectivity index (χ2n) is 5.44. The Balaban J connectivity index is 2.35. The molecule has 1 aromatic rings. The lowest BCUT2D eigenvalue weighted by Crippen LogP contribution is -2.38. The summed E-state index contributed by atoms with van der Waals surface area (Å²) in [5.74, 6) is 0. The first-order chi connectivity index (χ1) is 9.50. The van der Waals surface area contributed by atoms with Gasteiger partial charge in [0, 0.05) is 19.1 Å². The molecule has 0 saturated heterocycles. The zero-order chi connectivity index (χ0) is 14.8. The van der Waals surface area contributed by atoms with E-state index in [1.165, 1.54) is 0 Å². The molecule has 1 aliphatic carbocycles. The van der Waals surface area contributed by atoms with Crippen LogP contribution < -0.4 is 5.73 Å². The first kappa shape index (κ1) is 15.5. The van der Waals surface area contributed by atoms with Gasteiger partial charge in [0.2, 0.25) is 10.0 Å². The Morgan fingerprint density at radius 3 is 2.45 bits per heavy atom. The predicted molar refractivity (Wildman–Crippen MR) is 80.9 cm³/mol. The van der Waals surface area contributed by atoms with Crippen LogP contribution in [0.1, 0.15) is 43.7 Å². The molecule has 5 heteroatoms. The van der Waals surface area contributed by atoms with Crippen molar-refractivity contribution in [1.82, 2.24) is 4.31 Å². The van der Waals surface area contributed by atoms with Gasteiger partial charge in [-0.15, -0.1) is 0 Å². The van der Waals surface area contributed by atoms with Crippen LogP contribution in [0.5, 0.6) is 0 Å². The zero-order valence-electron chi connectivity index (χ0n) is 12.3. The fourth-order valence-corrected chi connectivity index (χ4v) is 4.79. The van der Waals surface area contributed by atoms with Crippen molar-refractivity contribution >= 4 is 10.0 Å². The van der Waals surface area contributed by atoms with E-state index in [0.29, 0.717) is 18.0 Å². The van der Waals surface area contributed by atoms with Crippen LogP contribution in [0.3, 0.4) is 0 Å². The van der Waals surface area contributed by atoms with Gasteiger partial charge in [0.1, 0.15) is 0 Å². The molecule has 0 amide bonds. The molecule has 1 fully saturated rings. The van der Waals surface area contributed by atoms with E-state index >= 15 is 0 Å². The Morgan fingerprint density at radius 2 is 1.95 bits per heavy atom. The first-order valence-corrected chi connectivity index (χ1v) is 8.76. The molecule has 2 rings (SSSR count). The topological polar surface area (TPSA) is 63.4 Å². The standard InChI is InChI=1S/C15H24N2O2S/c1-3-17(14-6-4-5-7-14)20(18,19)15-9-8-13(11-16)12(2)10-15/h8-10,14H,3-7,11,16H2,1-2H3. The molecule has 0 atom stereocenters. The van der Waals surface area contributed by atoms with E-state index in [9.17, 15) is 8.42 Å². The molecule has 0 bridgehead atoms. The first-order valence-electron chi connectivity index (χ1n) is 7.32. The minimum Gasteiger partial charge on any atom is -0.326 e. The van der Waals surface area contributed by atoms with Crippen LogP contribution >= 0.6 is 0 Å². The molecule has 112 valence electrons. The molecule has 1 aromatic carbocycles. The number of nitrogens with two attached hydrogens (primary N) is 1. The average molecular weight is 296 g/mol. The molecule has 0 unspecified atom stereocenters. The van der Waals surface area contributed by atoms with Crippen LogP contribution in [-0.2, 0) is 16.6 Å². The quantitative estimate of drug-likeness (QED) is 0.907. The van der Waals surface area contributed by atoms with Crippen molar-refractivity contribution in [2.24, 2.45) is 5.73 Å². The van der Waals surface area contributed by atoms with Crippen molar-refractivity contribution < 1.29 is 8.42 Å². The fraction of sp³-hybridized carbons (Fsp3) is 0.600. The van der Waals surface area contributed by atoms with E-state index in [0.717, 1.165) is 36.8 Å². The molecule has 1 saturated carbocycles. The van der Waals surface area contributed by atoms with Gasteiger partial charge in [0.25, 0.3) is 0 Å². The highest BCUT2D eigenvalue weighted by atomic mass is 32.2. The summed E-state index contributed by atoms with van der Waals surface area (Å²) in [6, 6.07) is 5.42. The molecule has 0 aliphatic heterocycles. The minimum atomic E-state index is -3.39. The van der Waals surface area contributed by atoms with Crippen molar-refractivity contribution in [3.63, 3.8) is 0 Å². The van der Waals surface area contributed by atoms with Gasteiger partial charge in [0.15, 0.2) is 0 Å². The second kappa shape index (κ2) is 6.24. The minimum absolute atomic E-state index is 0.166. The average Bonchev–Trinajstić information content (AvgIpc) is 2.93. The van der Waals surface area contributed by atoms with Crippen LogP contribution in [0.2, 0.25) is 0 Å². The zero-order valence-corrected chi connectivity index (χ0v) is 13.1. The van der Waals surface area contributed by atoms with Crippen LogP contribution in [0.4, 0.5) is 0 Å². The third kappa shape index (κ3) is 2.90. The van der Waals surface area contributed by atoms with Gasteiger partial charge in [-0.2, -0.15) is 4.31 Å². The van der Waals surface area contributed by atoms with E-state index in [-0.39, 0.29) is 6.04 Å². The molecule has 2 N–H and O–H groups in total. The molecule has 4 nitrogen and oxygen atoms in total. The van der Waals surface area contributed by atoms with Gasteiger partial charge >= 0.3 is 0 Å². The highest BCUT2D eigenvalue weighted by Crippen LogP contribution is 2.29. The normalized spacial score (nSPS) is 17.0. The number of sulfonamides is 1. The van der Waals surface area contributed by atoms with Crippen LogP contribution in [0, 0.1) is 6.92 Å². The van der Waals surface area contributed by atoms with Crippen molar-refractivity contribution in [2.75, 3.05) is 6.54 Å². The molecular weight excluding hydrogens is 272 g/mol. The van der Waals surface area contributed by atoms with Gasteiger partial charge in [0.05, 0.1) is 4.90 Å². The smallest absolute Gasteiger partial charge is 0.243 e. The maximum absolute atomic E-state index is 12.8. The lowest BCUT2D eigenvalue weighted by molar-refractivity contribution is 0.335. The summed E-state index contributed by atoms with van der Waals surface area (Å²) in [4.78, 5) is 0.390. The second-order valence-corrected chi connectivity index (χ2v) is 7.33. The van der Waals surface area contributed by atoms with Gasteiger partial charge in [-0.05, 0) is 43.0 Å². The molecule has 0 radical (unpaired) electrons. The summed E-state index contributed by atoms with van der Waals surface area (Å²) in [7, 11) is -3.39. The summed E-state index contributed by atoms with van der Waals surface area (Å²) in [6.45, 7) is 4.79. The molecule has 20 heavy (non-hydrogen) atoms. The van der Waals surface area contributed by atoms with E-state index in [4.69, 9.17) is 5.73 Å². The van der Waals surface area contributed by atoms with Gasteiger partial charge in [-0.25, -0.2) is 8.42 Å². The maximum atomic E-state index is 12.8. The van der Waals surface area contributed by atoms with E-state index < -0.39 is 10.0 Å². The van der Waals surface area contributed by atoms with Crippen molar-refractivity contribution in [3.05, 3.63) is 29.3 Å². The Morgan fingerprint density at radius 1 is 1.30 bits per heavy atom. The van der Waals surface area contributed by atoms with E-state index in [2.05, 4.69) is 0 Å². The number of hydrogen-bond acceptors (Lipinski definition) is 3. The molecule has 1 aliphatic rings. The largest absolute Gasteiger partial charge is 0.326 e. The lowest BCUT2D eigenvalue weighted by Gasteiger charge is -2.27. The number of rotatable bonds is 5. The van der Waals surface area contributed by atoms with Gasteiger partial charge in [-0.1, -0.05) is 25.8 Å². The monoisotopic (exact) mass is 296 g/mol. The molecular formula is C15H24N2O2S. The predicted octanol–water partition coefficient (Wildman–Crippen LogP) is 2.41. The Kier molecular flexibility index (Phi) is 4.83. The van der Waals surface area contributed by atoms with Crippen molar-refractivity contribution in [3.8, 4) is 0 Å². The molecule has 0 heterocycles. The van der Waals surface area contributed by atoms with Crippen LogP contribution in [0.15, 0.2) is 23.1 Å². The van der Waals surface area contributed by atoms with Crippen LogP contribution in [0.25, 0.3) is 0 Å². The summed E-state index contributed by atoms with van der Waals surface area (Å²) in [5.41, 5.74) is 7.57. The summed E-state index contributed by atoms with van der Waals surface area (Å²) < 4.78 is 27.3. The summed E-state index contributed by atoms with van der Waals surface area (Å²) >= 11 is 0. The van der Waals surface area contributed by atoms with Gasteiger partial charge in [-0.3, -0.25) is 0 Å². The fourth-order valence-electron chi connectivity index (χ4n) is 3.01. The SMILES string of the molecule is CCN(C1CCCC1)S(=O)(=O)c1ccc(CN)c(C)c1. The highest BCUT2D eigenvalue weighted by molar-refractivity contribution is 7.89. The third-order valence-corrected chi connectivity index (χ3v) is 6.21. The van der Waals surface area contributed by atoms with Crippen molar-refractivity contribution in [1.29, 1.82) is 0 Å². The third-order valence-electron chi connectivity index (χ3n) is 4.18. The van der Waals surface area contributed by atoms with Gasteiger partial charge < -0.3 is 5.73 Å². The summed E-state index contributed by atoms with van der Waals surface area (Å²) in [5, 5.41) is 0. The Labute approximate surface area is 122 Å². The molecule has 0 aromatic heterocycles. The maximum Gasteiger partial charge on any atom is 0.243 e.